The molecule has 3 heteroatoms. The zero-order valence-corrected chi connectivity index (χ0v) is 14.0. The molecule has 2 N–H and O–H groups in total. The van der Waals surface area contributed by atoms with Crippen molar-refractivity contribution in [2.75, 3.05) is 0 Å². The molecule has 0 radical (unpaired) electrons. The molecule has 0 spiro atoms. The van der Waals surface area contributed by atoms with Crippen molar-refractivity contribution in [1.82, 2.24) is 0 Å². The van der Waals surface area contributed by atoms with Crippen LogP contribution in [-0.4, -0.2) is 22.3 Å². The standard InChI is InChI=1S/C19H28O3/c1-5-7-18(20)12-10-15(2)8-6-9-16(3)14-17(4)11-13-19(21)22/h6,8-11,13-14,18,20H,5,7,12H2,1-4H3,(H,21,22)/t18-/m0/s1. The van der Waals surface area contributed by atoms with E-state index in [0.717, 1.165) is 35.6 Å². The smallest absolute Gasteiger partial charge is 0.328 e. The van der Waals surface area contributed by atoms with E-state index in [2.05, 4.69) is 6.92 Å². The van der Waals surface area contributed by atoms with E-state index in [1.807, 2.05) is 51.2 Å². The molecule has 0 saturated carbocycles. The first-order valence-corrected chi connectivity index (χ1v) is 7.64. The Labute approximate surface area is 134 Å². The fourth-order valence-corrected chi connectivity index (χ4v) is 1.85. The molecule has 0 aromatic carbocycles. The van der Waals surface area contributed by atoms with E-state index in [9.17, 15) is 9.90 Å². The van der Waals surface area contributed by atoms with Gasteiger partial charge in [0.2, 0.25) is 0 Å². The highest BCUT2D eigenvalue weighted by molar-refractivity contribution is 5.80. The van der Waals surface area contributed by atoms with Gasteiger partial charge in [-0.2, -0.15) is 0 Å². The Hall–Kier alpha value is -1.87. The van der Waals surface area contributed by atoms with Crippen LogP contribution in [-0.2, 0) is 4.79 Å². The van der Waals surface area contributed by atoms with E-state index in [-0.39, 0.29) is 6.10 Å². The zero-order valence-electron chi connectivity index (χ0n) is 14.0. The minimum Gasteiger partial charge on any atom is -0.478 e. The average molecular weight is 304 g/mol. The third-order valence-electron chi connectivity index (χ3n) is 3.00. The van der Waals surface area contributed by atoms with Crippen molar-refractivity contribution < 1.29 is 15.0 Å². The summed E-state index contributed by atoms with van der Waals surface area (Å²) in [5.41, 5.74) is 3.05. The summed E-state index contributed by atoms with van der Waals surface area (Å²) in [4.78, 5) is 10.4. The van der Waals surface area contributed by atoms with Gasteiger partial charge in [-0.25, -0.2) is 4.79 Å². The van der Waals surface area contributed by atoms with Crippen LogP contribution < -0.4 is 0 Å². The number of aliphatic hydroxyl groups excluding tert-OH is 1. The summed E-state index contributed by atoms with van der Waals surface area (Å²) in [7, 11) is 0. The molecule has 0 saturated heterocycles. The topological polar surface area (TPSA) is 57.5 Å². The second kappa shape index (κ2) is 11.8. The van der Waals surface area contributed by atoms with Gasteiger partial charge >= 0.3 is 5.97 Å². The number of aliphatic hydroxyl groups is 1. The maximum absolute atomic E-state index is 10.4. The number of hydrogen-bond donors (Lipinski definition) is 2. The predicted molar refractivity (Wildman–Crippen MR) is 92.7 cm³/mol. The van der Waals surface area contributed by atoms with Gasteiger partial charge in [0.25, 0.3) is 0 Å². The van der Waals surface area contributed by atoms with Crippen molar-refractivity contribution in [3.8, 4) is 0 Å². The first-order valence-electron chi connectivity index (χ1n) is 7.64. The summed E-state index contributed by atoms with van der Waals surface area (Å²) in [6, 6.07) is 0. The van der Waals surface area contributed by atoms with Crippen LogP contribution in [0.3, 0.4) is 0 Å². The van der Waals surface area contributed by atoms with Gasteiger partial charge in [-0.1, -0.05) is 66.5 Å². The highest BCUT2D eigenvalue weighted by Gasteiger charge is 1.98. The number of aliphatic carboxylic acids is 1. The molecule has 1 atom stereocenters. The van der Waals surface area contributed by atoms with Gasteiger partial charge in [0.05, 0.1) is 6.10 Å². The Kier molecular flexibility index (Phi) is 10.8. The zero-order chi connectivity index (χ0) is 17.0. The molecule has 3 nitrogen and oxygen atoms in total. The maximum Gasteiger partial charge on any atom is 0.328 e. The van der Waals surface area contributed by atoms with Gasteiger partial charge in [0.15, 0.2) is 0 Å². The lowest BCUT2D eigenvalue weighted by atomic mass is 10.1. The van der Waals surface area contributed by atoms with Gasteiger partial charge in [-0.05, 0) is 33.6 Å². The van der Waals surface area contributed by atoms with Crippen LogP contribution in [0.1, 0.15) is 47.0 Å². The predicted octanol–water partition coefficient (Wildman–Crippen LogP) is 4.57. The number of carboxylic acids is 1. The van der Waals surface area contributed by atoms with Crippen LogP contribution in [0.4, 0.5) is 0 Å². The van der Waals surface area contributed by atoms with E-state index in [4.69, 9.17) is 5.11 Å². The van der Waals surface area contributed by atoms with Crippen LogP contribution in [0.25, 0.3) is 0 Å². The molecule has 22 heavy (non-hydrogen) atoms. The van der Waals surface area contributed by atoms with Crippen molar-refractivity contribution in [2.24, 2.45) is 0 Å². The first-order chi connectivity index (χ1) is 10.3. The lowest BCUT2D eigenvalue weighted by Crippen LogP contribution is -2.03. The Bertz CT molecular complexity index is 491. The fourth-order valence-electron chi connectivity index (χ4n) is 1.85. The Morgan fingerprint density at radius 1 is 1.05 bits per heavy atom. The van der Waals surface area contributed by atoms with Crippen LogP contribution in [0.15, 0.2) is 59.3 Å². The molecule has 0 amide bonds. The molecule has 0 aromatic rings. The molecular weight excluding hydrogens is 276 g/mol. The summed E-state index contributed by atoms with van der Waals surface area (Å²) < 4.78 is 0. The minimum absolute atomic E-state index is 0.253. The quantitative estimate of drug-likeness (QED) is 0.484. The molecule has 0 aliphatic heterocycles. The number of carbonyl (C=O) groups is 1. The Morgan fingerprint density at radius 2 is 1.73 bits per heavy atom. The average Bonchev–Trinajstić information content (AvgIpc) is 2.43. The van der Waals surface area contributed by atoms with E-state index in [1.54, 1.807) is 6.08 Å². The molecule has 0 fully saturated rings. The highest BCUT2D eigenvalue weighted by atomic mass is 16.4. The van der Waals surface area contributed by atoms with E-state index in [1.165, 1.54) is 0 Å². The van der Waals surface area contributed by atoms with Crippen LogP contribution >= 0.6 is 0 Å². The SMILES string of the molecule is CCC[C@H](O)CC=C(C)C=CC=C(C)C=C(C)C=CC(=O)O. The third kappa shape index (κ3) is 11.9. The Balaban J connectivity index is 4.52. The van der Waals surface area contributed by atoms with Crippen molar-refractivity contribution in [3.63, 3.8) is 0 Å². The van der Waals surface area contributed by atoms with Crippen molar-refractivity contribution in [1.29, 1.82) is 0 Å². The lowest BCUT2D eigenvalue weighted by molar-refractivity contribution is -0.131. The van der Waals surface area contributed by atoms with Gasteiger partial charge in [0.1, 0.15) is 0 Å². The van der Waals surface area contributed by atoms with Gasteiger partial charge < -0.3 is 10.2 Å². The summed E-state index contributed by atoms with van der Waals surface area (Å²) in [6.07, 6.45) is 14.9. The fraction of sp³-hybridized carbons (Fsp3) is 0.421. The normalized spacial score (nSPS) is 15.8. The van der Waals surface area contributed by atoms with Gasteiger partial charge in [-0.15, -0.1) is 0 Å². The Morgan fingerprint density at radius 3 is 2.32 bits per heavy atom. The number of hydrogen-bond acceptors (Lipinski definition) is 2. The third-order valence-corrected chi connectivity index (χ3v) is 3.00. The van der Waals surface area contributed by atoms with Crippen LogP contribution in [0.5, 0.6) is 0 Å². The second-order valence-corrected chi connectivity index (χ2v) is 5.46. The molecule has 122 valence electrons. The van der Waals surface area contributed by atoms with E-state index >= 15 is 0 Å². The molecule has 0 bridgehead atoms. The monoisotopic (exact) mass is 304 g/mol. The van der Waals surface area contributed by atoms with Crippen LogP contribution in [0.2, 0.25) is 0 Å². The van der Waals surface area contributed by atoms with Crippen molar-refractivity contribution >= 4 is 5.97 Å². The number of carboxylic acid groups (broad SMARTS) is 1. The van der Waals surface area contributed by atoms with Crippen LogP contribution in [0, 0.1) is 0 Å². The largest absolute Gasteiger partial charge is 0.478 e. The van der Waals surface area contributed by atoms with Gasteiger partial charge in [-0.3, -0.25) is 0 Å². The molecule has 0 aromatic heterocycles. The number of allylic oxidation sites excluding steroid dienone is 8. The lowest BCUT2D eigenvalue weighted by Gasteiger charge is -2.05. The molecule has 0 unspecified atom stereocenters. The van der Waals surface area contributed by atoms with Crippen molar-refractivity contribution in [2.45, 2.75) is 53.1 Å². The van der Waals surface area contributed by atoms with Crippen molar-refractivity contribution in [3.05, 3.63) is 59.3 Å². The molecule has 0 aliphatic rings. The molecule has 0 heterocycles. The summed E-state index contributed by atoms with van der Waals surface area (Å²) in [6.45, 7) is 7.90. The summed E-state index contributed by atoms with van der Waals surface area (Å²) in [5, 5.41) is 18.2. The number of rotatable bonds is 9. The summed E-state index contributed by atoms with van der Waals surface area (Å²) in [5.74, 6) is -0.944. The van der Waals surface area contributed by atoms with E-state index in [0.29, 0.717) is 6.42 Å². The summed E-state index contributed by atoms with van der Waals surface area (Å²) >= 11 is 0. The molecule has 0 aliphatic carbocycles. The maximum atomic E-state index is 10.4. The van der Waals surface area contributed by atoms with E-state index < -0.39 is 5.97 Å². The molecular formula is C19H28O3. The second-order valence-electron chi connectivity index (χ2n) is 5.46. The highest BCUT2D eigenvalue weighted by Crippen LogP contribution is 2.07. The van der Waals surface area contributed by atoms with Gasteiger partial charge in [0, 0.05) is 6.08 Å². The molecule has 0 rings (SSSR count). The minimum atomic E-state index is -0.944. The first kappa shape index (κ1) is 20.1.